The number of amides is 2. The fourth-order valence-electron chi connectivity index (χ4n) is 3.60. The van der Waals surface area contributed by atoms with Gasteiger partial charge in [-0.15, -0.1) is 0 Å². The maximum absolute atomic E-state index is 13.1. The quantitative estimate of drug-likeness (QED) is 0.757. The largest absolute Gasteiger partial charge is 0.353 e. The minimum Gasteiger partial charge on any atom is -0.353 e. The minimum absolute atomic E-state index is 0.0152. The van der Waals surface area contributed by atoms with E-state index in [0.29, 0.717) is 18.2 Å². The Morgan fingerprint density at radius 3 is 2.26 bits per heavy atom. The molecule has 0 spiro atoms. The van der Waals surface area contributed by atoms with Gasteiger partial charge in [-0.3, -0.25) is 9.59 Å². The number of nitrogens with zero attached hydrogens (tertiary/aromatic N) is 3. The number of aryl methyl sites for hydroxylation is 2. The molecule has 0 N–H and O–H groups in total. The summed E-state index contributed by atoms with van der Waals surface area (Å²) in [6.07, 6.45) is 6.11. The van der Waals surface area contributed by atoms with Crippen LogP contribution in [0.4, 0.5) is 0 Å². The van der Waals surface area contributed by atoms with Crippen LogP contribution in [0.1, 0.15) is 47.3 Å². The van der Waals surface area contributed by atoms with Crippen LogP contribution in [0.15, 0.2) is 42.6 Å². The number of carbonyl (C=O) groups excluding carboxylic acids is 2. The van der Waals surface area contributed by atoms with Gasteiger partial charge in [-0.2, -0.15) is 0 Å². The number of carbonyl (C=O) groups is 2. The molecule has 2 amide bonds. The lowest BCUT2D eigenvalue weighted by atomic mass is 10.1. The van der Waals surface area contributed by atoms with E-state index in [1.54, 1.807) is 4.90 Å². The Kier molecular flexibility index (Phi) is 4.77. The van der Waals surface area contributed by atoms with Crippen molar-refractivity contribution in [1.29, 1.82) is 0 Å². The summed E-state index contributed by atoms with van der Waals surface area (Å²) in [5.74, 6) is 0.0473. The third-order valence-electron chi connectivity index (χ3n) is 5.62. The van der Waals surface area contributed by atoms with E-state index >= 15 is 0 Å². The molecule has 5 heteroatoms. The zero-order valence-corrected chi connectivity index (χ0v) is 16.1. The monoisotopic (exact) mass is 365 g/mol. The van der Waals surface area contributed by atoms with E-state index in [1.807, 2.05) is 55.4 Å². The smallest absolute Gasteiger partial charge is 0.254 e. The molecular formula is C22H27N3O2. The third kappa shape index (κ3) is 3.92. The lowest BCUT2D eigenvalue weighted by molar-refractivity contribution is -0.133. The first-order valence-corrected chi connectivity index (χ1v) is 9.81. The molecule has 0 aliphatic heterocycles. The van der Waals surface area contributed by atoms with E-state index in [2.05, 4.69) is 10.6 Å². The summed E-state index contributed by atoms with van der Waals surface area (Å²) >= 11 is 0. The molecular weight excluding hydrogens is 338 g/mol. The van der Waals surface area contributed by atoms with Crippen molar-refractivity contribution >= 4 is 11.8 Å². The van der Waals surface area contributed by atoms with Gasteiger partial charge < -0.3 is 14.4 Å². The fourth-order valence-corrected chi connectivity index (χ4v) is 3.60. The van der Waals surface area contributed by atoms with Gasteiger partial charge in [0.25, 0.3) is 5.91 Å². The molecule has 27 heavy (non-hydrogen) atoms. The number of rotatable bonds is 7. The number of hydrogen-bond acceptors (Lipinski definition) is 2. The van der Waals surface area contributed by atoms with Gasteiger partial charge in [0.2, 0.25) is 5.91 Å². The summed E-state index contributed by atoms with van der Waals surface area (Å²) in [4.78, 5) is 30.0. The molecule has 0 bridgehead atoms. The molecule has 0 unspecified atom stereocenters. The van der Waals surface area contributed by atoms with Crippen LogP contribution in [-0.2, 0) is 18.4 Å². The average Bonchev–Trinajstić information content (AvgIpc) is 3.57. The molecule has 142 valence electrons. The highest BCUT2D eigenvalue weighted by molar-refractivity contribution is 5.98. The van der Waals surface area contributed by atoms with Crippen LogP contribution in [0, 0.1) is 6.92 Å². The van der Waals surface area contributed by atoms with Gasteiger partial charge in [0.15, 0.2) is 0 Å². The molecule has 2 aliphatic rings. The Hall–Kier alpha value is -2.56. The molecule has 4 rings (SSSR count). The molecule has 0 atom stereocenters. The van der Waals surface area contributed by atoms with Gasteiger partial charge in [-0.05, 0) is 56.4 Å². The highest BCUT2D eigenvalue weighted by Gasteiger charge is 2.38. The van der Waals surface area contributed by atoms with Crippen LogP contribution in [0.25, 0.3) is 0 Å². The number of benzene rings is 1. The lowest BCUT2D eigenvalue weighted by Crippen LogP contribution is -2.44. The van der Waals surface area contributed by atoms with Crippen molar-refractivity contribution in [2.75, 3.05) is 6.54 Å². The highest BCUT2D eigenvalue weighted by atomic mass is 16.2. The molecule has 0 saturated heterocycles. The van der Waals surface area contributed by atoms with Gasteiger partial charge in [0.1, 0.15) is 6.54 Å². The summed E-state index contributed by atoms with van der Waals surface area (Å²) in [5, 5.41) is 0. The Morgan fingerprint density at radius 2 is 1.67 bits per heavy atom. The van der Waals surface area contributed by atoms with Gasteiger partial charge >= 0.3 is 0 Å². The predicted octanol–water partition coefficient (Wildman–Crippen LogP) is 3.13. The first kappa shape index (κ1) is 17.8. The number of aromatic nitrogens is 1. The second kappa shape index (κ2) is 7.22. The summed E-state index contributed by atoms with van der Waals surface area (Å²) in [7, 11) is 2.00. The van der Waals surface area contributed by atoms with Crippen LogP contribution in [-0.4, -0.2) is 44.8 Å². The molecule has 2 aliphatic carbocycles. The van der Waals surface area contributed by atoms with Crippen LogP contribution < -0.4 is 0 Å². The zero-order valence-electron chi connectivity index (χ0n) is 16.1. The normalized spacial score (nSPS) is 16.2. The topological polar surface area (TPSA) is 45.6 Å². The Balaban J connectivity index is 1.50. The van der Waals surface area contributed by atoms with Crippen molar-refractivity contribution in [3.05, 3.63) is 59.4 Å². The van der Waals surface area contributed by atoms with Crippen molar-refractivity contribution < 1.29 is 9.59 Å². The summed E-state index contributed by atoms with van der Waals surface area (Å²) in [6.45, 7) is 2.74. The second-order valence-corrected chi connectivity index (χ2v) is 7.84. The van der Waals surface area contributed by atoms with Crippen molar-refractivity contribution in [2.45, 2.75) is 51.2 Å². The molecule has 1 aromatic heterocycles. The molecule has 2 aromatic rings. The minimum atomic E-state index is -0.0152. The molecule has 0 radical (unpaired) electrons. The first-order chi connectivity index (χ1) is 13.0. The van der Waals surface area contributed by atoms with E-state index in [4.69, 9.17) is 0 Å². The SMILES string of the molecule is Cc1ccccc1C(=O)N(CC(=O)N(Cc1cccn1C)C1CC1)C1CC1. The van der Waals surface area contributed by atoms with E-state index < -0.39 is 0 Å². The van der Waals surface area contributed by atoms with Crippen molar-refractivity contribution in [3.8, 4) is 0 Å². The Morgan fingerprint density at radius 1 is 1.00 bits per heavy atom. The Bertz CT molecular complexity index is 849. The molecule has 2 saturated carbocycles. The van der Waals surface area contributed by atoms with Crippen LogP contribution in [0.2, 0.25) is 0 Å². The fraction of sp³-hybridized carbons (Fsp3) is 0.455. The maximum atomic E-state index is 13.1. The lowest BCUT2D eigenvalue weighted by Gasteiger charge is -2.28. The van der Waals surface area contributed by atoms with Gasteiger partial charge in [0, 0.05) is 36.6 Å². The summed E-state index contributed by atoms with van der Waals surface area (Å²) < 4.78 is 2.06. The molecule has 1 heterocycles. The van der Waals surface area contributed by atoms with E-state index in [0.717, 1.165) is 36.9 Å². The van der Waals surface area contributed by atoms with Gasteiger partial charge in [-0.1, -0.05) is 18.2 Å². The van der Waals surface area contributed by atoms with Gasteiger partial charge in [0.05, 0.1) is 6.54 Å². The highest BCUT2D eigenvalue weighted by Crippen LogP contribution is 2.31. The summed E-state index contributed by atoms with van der Waals surface area (Å²) in [5.41, 5.74) is 2.79. The molecule has 2 fully saturated rings. The molecule has 5 nitrogen and oxygen atoms in total. The first-order valence-electron chi connectivity index (χ1n) is 9.81. The van der Waals surface area contributed by atoms with Crippen LogP contribution in [0.5, 0.6) is 0 Å². The van der Waals surface area contributed by atoms with Gasteiger partial charge in [-0.25, -0.2) is 0 Å². The zero-order chi connectivity index (χ0) is 19.0. The van der Waals surface area contributed by atoms with E-state index in [-0.39, 0.29) is 24.4 Å². The van der Waals surface area contributed by atoms with Crippen molar-refractivity contribution in [3.63, 3.8) is 0 Å². The average molecular weight is 365 g/mol. The van der Waals surface area contributed by atoms with E-state index in [1.165, 1.54) is 0 Å². The van der Waals surface area contributed by atoms with Crippen molar-refractivity contribution in [2.24, 2.45) is 7.05 Å². The molecule has 1 aromatic carbocycles. The maximum Gasteiger partial charge on any atom is 0.254 e. The third-order valence-corrected chi connectivity index (χ3v) is 5.62. The van der Waals surface area contributed by atoms with E-state index in [9.17, 15) is 9.59 Å². The summed E-state index contributed by atoms with van der Waals surface area (Å²) in [6, 6.07) is 12.2. The van der Waals surface area contributed by atoms with Crippen LogP contribution >= 0.6 is 0 Å². The van der Waals surface area contributed by atoms with Crippen LogP contribution in [0.3, 0.4) is 0 Å². The second-order valence-electron chi connectivity index (χ2n) is 7.84. The number of hydrogen-bond donors (Lipinski definition) is 0. The van der Waals surface area contributed by atoms with Crippen molar-refractivity contribution in [1.82, 2.24) is 14.4 Å². The Labute approximate surface area is 160 Å². The standard InChI is InChI=1S/C22H27N3O2/c1-16-6-3-4-8-20(16)22(27)25(18-11-12-18)15-21(26)24(17-9-10-17)14-19-7-5-13-23(19)2/h3-8,13,17-18H,9-12,14-15H2,1-2H3. The predicted molar refractivity (Wildman–Crippen MR) is 104 cm³/mol.